The van der Waals surface area contributed by atoms with E-state index >= 15 is 0 Å². The number of amides is 1. The molecule has 0 saturated carbocycles. The second-order valence-electron chi connectivity index (χ2n) is 5.20. The Labute approximate surface area is 142 Å². The lowest BCUT2D eigenvalue weighted by Crippen LogP contribution is -2.13. The Balaban J connectivity index is 1.78. The fraction of sp³-hybridized carbons (Fsp3) is 0. The molecule has 0 saturated heterocycles. The Morgan fingerprint density at radius 1 is 1.12 bits per heavy atom. The van der Waals surface area contributed by atoms with Crippen LogP contribution in [-0.2, 0) is 0 Å². The Morgan fingerprint density at radius 3 is 2.72 bits per heavy atom. The number of para-hydroxylation sites is 1. The number of hydrogen-bond donors (Lipinski definition) is 2. The molecule has 8 heteroatoms. The lowest BCUT2D eigenvalue weighted by molar-refractivity contribution is 0.102. The fourth-order valence-electron chi connectivity index (χ4n) is 2.41. The van der Waals surface area contributed by atoms with E-state index in [1.807, 2.05) is 36.4 Å². The first-order valence-corrected chi connectivity index (χ1v) is 7.53. The van der Waals surface area contributed by atoms with Gasteiger partial charge in [-0.3, -0.25) is 15.1 Å². The molecule has 0 fully saturated rings. The summed E-state index contributed by atoms with van der Waals surface area (Å²) in [4.78, 5) is 20.7. The van der Waals surface area contributed by atoms with E-state index < -0.39 is 0 Å². The van der Waals surface area contributed by atoms with E-state index in [2.05, 4.69) is 30.6 Å². The van der Waals surface area contributed by atoms with Crippen molar-refractivity contribution in [3.05, 3.63) is 72.9 Å². The highest BCUT2D eigenvalue weighted by Gasteiger charge is 2.19. The first-order chi connectivity index (χ1) is 12.3. The van der Waals surface area contributed by atoms with E-state index in [1.165, 1.54) is 6.33 Å². The van der Waals surface area contributed by atoms with Crippen LogP contribution in [0.5, 0.6) is 0 Å². The number of hydrogen-bond acceptors (Lipinski definition) is 5. The third-order valence-electron chi connectivity index (χ3n) is 3.56. The predicted octanol–water partition coefficient (Wildman–Crippen LogP) is 2.30. The molecule has 122 valence electrons. The summed E-state index contributed by atoms with van der Waals surface area (Å²) in [6.07, 6.45) is 6.35. The van der Waals surface area contributed by atoms with Crippen molar-refractivity contribution in [2.75, 3.05) is 5.32 Å². The third kappa shape index (κ3) is 3.00. The minimum Gasteiger partial charge on any atom is -0.291 e. The minimum atomic E-state index is -0.335. The van der Waals surface area contributed by atoms with Crippen LogP contribution in [-0.4, -0.2) is 35.9 Å². The van der Waals surface area contributed by atoms with Gasteiger partial charge in [0.1, 0.15) is 12.0 Å². The molecule has 4 aromatic rings. The van der Waals surface area contributed by atoms with Gasteiger partial charge < -0.3 is 0 Å². The molecule has 0 aliphatic heterocycles. The molecule has 0 aliphatic rings. The molecule has 0 bridgehead atoms. The zero-order chi connectivity index (χ0) is 17.1. The van der Waals surface area contributed by atoms with Gasteiger partial charge in [0.2, 0.25) is 5.95 Å². The van der Waals surface area contributed by atoms with E-state index in [9.17, 15) is 4.79 Å². The van der Waals surface area contributed by atoms with Gasteiger partial charge in [0.25, 0.3) is 5.91 Å². The highest BCUT2D eigenvalue weighted by Crippen LogP contribution is 2.23. The lowest BCUT2D eigenvalue weighted by atomic mass is 10.1. The van der Waals surface area contributed by atoms with Crippen molar-refractivity contribution in [3.63, 3.8) is 0 Å². The molecule has 8 nitrogen and oxygen atoms in total. The standard InChI is InChI=1S/C17H13N7O/c25-16(21-17-19-11-20-22-17)14-10-24(13-6-2-1-3-7-13)23-15(14)12-5-4-8-18-9-12/h1-11H,(H2,19,20,21,22,25). The van der Waals surface area contributed by atoms with Gasteiger partial charge in [-0.1, -0.05) is 18.2 Å². The summed E-state index contributed by atoms with van der Waals surface area (Å²) in [5, 5.41) is 13.6. The summed E-state index contributed by atoms with van der Waals surface area (Å²) in [5.74, 6) is -0.0626. The number of anilines is 1. The number of aromatic amines is 1. The molecule has 25 heavy (non-hydrogen) atoms. The predicted molar refractivity (Wildman–Crippen MR) is 91.1 cm³/mol. The normalized spacial score (nSPS) is 10.6. The van der Waals surface area contributed by atoms with Crippen LogP contribution in [0.4, 0.5) is 5.95 Å². The summed E-state index contributed by atoms with van der Waals surface area (Å²) in [5.41, 5.74) is 2.55. The van der Waals surface area contributed by atoms with Gasteiger partial charge in [0.05, 0.1) is 11.3 Å². The first-order valence-electron chi connectivity index (χ1n) is 7.53. The maximum atomic E-state index is 12.7. The number of aromatic nitrogens is 6. The van der Waals surface area contributed by atoms with E-state index in [0.29, 0.717) is 11.3 Å². The van der Waals surface area contributed by atoms with Crippen LogP contribution in [0.15, 0.2) is 67.4 Å². The largest absolute Gasteiger partial charge is 0.291 e. The van der Waals surface area contributed by atoms with Crippen LogP contribution in [0.25, 0.3) is 16.9 Å². The molecule has 3 aromatic heterocycles. The van der Waals surface area contributed by atoms with Crippen LogP contribution in [0.1, 0.15) is 10.4 Å². The molecule has 0 unspecified atom stereocenters. The van der Waals surface area contributed by atoms with Crippen molar-refractivity contribution in [2.24, 2.45) is 0 Å². The van der Waals surface area contributed by atoms with Crippen LogP contribution in [0.2, 0.25) is 0 Å². The number of rotatable bonds is 4. The van der Waals surface area contributed by atoms with Crippen LogP contribution in [0.3, 0.4) is 0 Å². The van der Waals surface area contributed by atoms with Gasteiger partial charge in [-0.25, -0.2) is 9.78 Å². The number of pyridine rings is 1. The summed E-state index contributed by atoms with van der Waals surface area (Å²) in [6, 6.07) is 13.2. The van der Waals surface area contributed by atoms with Gasteiger partial charge in [-0.2, -0.15) is 15.2 Å². The number of nitrogens with one attached hydrogen (secondary N) is 2. The van der Waals surface area contributed by atoms with Crippen molar-refractivity contribution in [3.8, 4) is 16.9 Å². The Bertz CT molecular complexity index is 979. The van der Waals surface area contributed by atoms with E-state index in [4.69, 9.17) is 0 Å². The second kappa shape index (κ2) is 6.36. The first kappa shape index (κ1) is 14.8. The van der Waals surface area contributed by atoms with Crippen molar-refractivity contribution in [1.82, 2.24) is 29.9 Å². The maximum Gasteiger partial charge on any atom is 0.261 e. The molecule has 1 aromatic carbocycles. The number of benzene rings is 1. The zero-order valence-corrected chi connectivity index (χ0v) is 13.0. The van der Waals surface area contributed by atoms with Crippen molar-refractivity contribution >= 4 is 11.9 Å². The molecular formula is C17H13N7O. The molecule has 3 heterocycles. The number of H-pyrrole nitrogens is 1. The van der Waals surface area contributed by atoms with Gasteiger partial charge in [-0.15, -0.1) is 0 Å². The molecule has 4 rings (SSSR count). The van der Waals surface area contributed by atoms with Crippen LogP contribution < -0.4 is 5.32 Å². The average Bonchev–Trinajstić information content (AvgIpc) is 3.33. The Hall–Kier alpha value is -3.81. The van der Waals surface area contributed by atoms with Crippen LogP contribution in [0, 0.1) is 0 Å². The molecule has 0 radical (unpaired) electrons. The molecule has 1 amide bonds. The maximum absolute atomic E-state index is 12.7. The zero-order valence-electron chi connectivity index (χ0n) is 13.0. The van der Waals surface area contributed by atoms with Gasteiger partial charge in [0, 0.05) is 24.2 Å². The summed E-state index contributed by atoms with van der Waals surface area (Å²) >= 11 is 0. The Kier molecular flexibility index (Phi) is 3.76. The van der Waals surface area contributed by atoms with Crippen molar-refractivity contribution in [1.29, 1.82) is 0 Å². The van der Waals surface area contributed by atoms with Gasteiger partial charge >= 0.3 is 0 Å². The smallest absolute Gasteiger partial charge is 0.261 e. The fourth-order valence-corrected chi connectivity index (χ4v) is 2.41. The molecule has 0 spiro atoms. The highest BCUT2D eigenvalue weighted by atomic mass is 16.1. The SMILES string of the molecule is O=C(Nc1ncn[nH]1)c1cn(-c2ccccc2)nc1-c1cccnc1. The lowest BCUT2D eigenvalue weighted by Gasteiger charge is -2.01. The summed E-state index contributed by atoms with van der Waals surface area (Å²) < 4.78 is 1.66. The molecular weight excluding hydrogens is 318 g/mol. The Morgan fingerprint density at radius 2 is 2.00 bits per heavy atom. The van der Waals surface area contributed by atoms with Crippen molar-refractivity contribution in [2.45, 2.75) is 0 Å². The van der Waals surface area contributed by atoms with Crippen LogP contribution >= 0.6 is 0 Å². The van der Waals surface area contributed by atoms with Crippen molar-refractivity contribution < 1.29 is 4.79 Å². The monoisotopic (exact) mass is 331 g/mol. The van der Waals surface area contributed by atoms with Gasteiger partial charge in [-0.05, 0) is 24.3 Å². The third-order valence-corrected chi connectivity index (χ3v) is 3.56. The van der Waals surface area contributed by atoms with E-state index in [0.717, 1.165) is 11.3 Å². The summed E-state index contributed by atoms with van der Waals surface area (Å²) in [7, 11) is 0. The van der Waals surface area contributed by atoms with Gasteiger partial charge in [0.15, 0.2) is 0 Å². The van der Waals surface area contributed by atoms with E-state index in [1.54, 1.807) is 29.3 Å². The number of carbonyl (C=O) groups excluding carboxylic acids is 1. The summed E-state index contributed by atoms with van der Waals surface area (Å²) in [6.45, 7) is 0. The number of nitrogens with zero attached hydrogens (tertiary/aromatic N) is 5. The average molecular weight is 331 g/mol. The molecule has 0 aliphatic carbocycles. The van der Waals surface area contributed by atoms with E-state index in [-0.39, 0.29) is 11.9 Å². The quantitative estimate of drug-likeness (QED) is 0.597. The number of carbonyl (C=O) groups is 1. The second-order valence-corrected chi connectivity index (χ2v) is 5.20. The minimum absolute atomic E-state index is 0.273. The molecule has 0 atom stereocenters. The highest BCUT2D eigenvalue weighted by molar-refractivity contribution is 6.07. The molecule has 2 N–H and O–H groups in total. The topological polar surface area (TPSA) is 101 Å².